The topological polar surface area (TPSA) is 81.4 Å². The number of aromatic nitrogens is 2. The Bertz CT molecular complexity index is 479. The van der Waals surface area contributed by atoms with Gasteiger partial charge in [0.2, 0.25) is 0 Å². The molecule has 1 aromatic heterocycles. The molecule has 0 unspecified atom stereocenters. The van der Waals surface area contributed by atoms with Gasteiger partial charge in [-0.05, 0) is 12.1 Å². The Morgan fingerprint density at radius 1 is 1.44 bits per heavy atom. The highest BCUT2D eigenvalue weighted by Crippen LogP contribution is 2.07. The van der Waals surface area contributed by atoms with Crippen molar-refractivity contribution in [1.82, 2.24) is 9.78 Å². The Hall–Kier alpha value is -1.47. The molecule has 0 aliphatic carbocycles. The normalized spacial score (nSPS) is 11.5. The van der Waals surface area contributed by atoms with E-state index in [2.05, 4.69) is 24.7 Å². The van der Waals surface area contributed by atoms with Crippen molar-refractivity contribution in [2.24, 2.45) is 0 Å². The number of hydrogen-bond acceptors (Lipinski definition) is 4. The van der Waals surface area contributed by atoms with Crippen LogP contribution in [0.3, 0.4) is 0 Å². The lowest BCUT2D eigenvalue weighted by Crippen LogP contribution is -2.27. The van der Waals surface area contributed by atoms with Crippen molar-refractivity contribution in [3.63, 3.8) is 0 Å². The second-order valence-electron chi connectivity index (χ2n) is 5.21. The SMILES string of the molecule is C[Si](C)(C)CCOCn1nc(C(=O)O)ccc1=O. The number of aromatic carboxylic acids is 1. The van der Waals surface area contributed by atoms with Crippen LogP contribution in [-0.4, -0.2) is 35.5 Å². The standard InChI is InChI=1S/C11H18N2O4Si/c1-18(2,3)7-6-17-8-13-10(14)5-4-9(12-13)11(15)16/h4-5H,6-8H2,1-3H3,(H,15,16). The molecule has 0 radical (unpaired) electrons. The van der Waals surface area contributed by atoms with Crippen molar-refractivity contribution >= 4 is 14.0 Å². The molecule has 0 atom stereocenters. The lowest BCUT2D eigenvalue weighted by atomic mass is 10.4. The molecule has 0 aromatic carbocycles. The molecule has 6 nitrogen and oxygen atoms in total. The van der Waals surface area contributed by atoms with Crippen molar-refractivity contribution in [3.8, 4) is 0 Å². The van der Waals surface area contributed by atoms with Gasteiger partial charge in [0.1, 0.15) is 6.73 Å². The number of nitrogens with zero attached hydrogens (tertiary/aromatic N) is 2. The second-order valence-corrected chi connectivity index (χ2v) is 10.8. The van der Waals surface area contributed by atoms with Crippen molar-refractivity contribution in [3.05, 3.63) is 28.2 Å². The number of hydrogen-bond donors (Lipinski definition) is 1. The highest BCUT2D eigenvalue weighted by Gasteiger charge is 2.12. The van der Waals surface area contributed by atoms with Gasteiger partial charge in [0.05, 0.1) is 0 Å². The van der Waals surface area contributed by atoms with E-state index in [9.17, 15) is 9.59 Å². The summed E-state index contributed by atoms with van der Waals surface area (Å²) >= 11 is 0. The largest absolute Gasteiger partial charge is 0.476 e. The van der Waals surface area contributed by atoms with Gasteiger partial charge >= 0.3 is 5.97 Å². The number of carboxylic acids is 1. The smallest absolute Gasteiger partial charge is 0.356 e. The summed E-state index contributed by atoms with van der Waals surface area (Å²) in [6, 6.07) is 3.35. The lowest BCUT2D eigenvalue weighted by Gasteiger charge is -2.15. The highest BCUT2D eigenvalue weighted by molar-refractivity contribution is 6.76. The first-order valence-corrected chi connectivity index (χ1v) is 9.39. The molecule has 1 heterocycles. The van der Waals surface area contributed by atoms with Gasteiger partial charge in [0.25, 0.3) is 5.56 Å². The van der Waals surface area contributed by atoms with E-state index in [4.69, 9.17) is 9.84 Å². The van der Waals surface area contributed by atoms with Crippen molar-refractivity contribution < 1.29 is 14.6 Å². The molecule has 7 heteroatoms. The zero-order chi connectivity index (χ0) is 13.8. The molecule has 0 spiro atoms. The molecule has 0 fully saturated rings. The summed E-state index contributed by atoms with van der Waals surface area (Å²) in [4.78, 5) is 22.1. The van der Waals surface area contributed by atoms with Gasteiger partial charge in [-0.15, -0.1) is 0 Å². The van der Waals surface area contributed by atoms with E-state index in [1.165, 1.54) is 12.1 Å². The van der Waals surface area contributed by atoms with Crippen LogP contribution in [0, 0.1) is 0 Å². The minimum Gasteiger partial charge on any atom is -0.476 e. The number of ether oxygens (including phenoxy) is 1. The third kappa shape index (κ3) is 4.80. The van der Waals surface area contributed by atoms with Gasteiger partial charge in [-0.2, -0.15) is 5.10 Å². The fourth-order valence-corrected chi connectivity index (χ4v) is 1.94. The Labute approximate surface area is 106 Å². The third-order valence-electron chi connectivity index (χ3n) is 2.30. The van der Waals surface area contributed by atoms with Crippen LogP contribution in [0.15, 0.2) is 16.9 Å². The number of carbonyl (C=O) groups is 1. The van der Waals surface area contributed by atoms with E-state index < -0.39 is 14.0 Å². The average molecular weight is 270 g/mol. The van der Waals surface area contributed by atoms with E-state index >= 15 is 0 Å². The van der Waals surface area contributed by atoms with Gasteiger partial charge in [-0.1, -0.05) is 19.6 Å². The molecule has 0 aliphatic heterocycles. The Balaban J connectivity index is 2.59. The van der Waals surface area contributed by atoms with E-state index in [1.807, 2.05) is 0 Å². The summed E-state index contributed by atoms with van der Waals surface area (Å²) in [5.41, 5.74) is -0.531. The molecule has 0 amide bonds. The Morgan fingerprint density at radius 2 is 2.11 bits per heavy atom. The summed E-state index contributed by atoms with van der Waals surface area (Å²) in [7, 11) is -1.16. The number of carboxylic acid groups (broad SMARTS) is 1. The molecule has 1 N–H and O–H groups in total. The molecule has 100 valence electrons. The molecule has 1 rings (SSSR count). The van der Waals surface area contributed by atoms with E-state index in [0.717, 1.165) is 10.7 Å². The van der Waals surface area contributed by atoms with Crippen LogP contribution < -0.4 is 5.56 Å². The molecule has 18 heavy (non-hydrogen) atoms. The Kier molecular flexibility index (Phi) is 4.80. The highest BCUT2D eigenvalue weighted by atomic mass is 28.3. The lowest BCUT2D eigenvalue weighted by molar-refractivity contribution is 0.0650. The maximum atomic E-state index is 11.4. The van der Waals surface area contributed by atoms with Crippen LogP contribution in [0.5, 0.6) is 0 Å². The average Bonchev–Trinajstić information content (AvgIpc) is 2.24. The van der Waals surface area contributed by atoms with Crippen LogP contribution in [0.25, 0.3) is 0 Å². The van der Waals surface area contributed by atoms with Gasteiger partial charge in [-0.25, -0.2) is 9.48 Å². The second kappa shape index (κ2) is 5.92. The van der Waals surface area contributed by atoms with E-state index in [-0.39, 0.29) is 18.0 Å². The van der Waals surface area contributed by atoms with E-state index in [1.54, 1.807) is 0 Å². The van der Waals surface area contributed by atoms with Gasteiger partial charge in [-0.3, -0.25) is 4.79 Å². The maximum Gasteiger partial charge on any atom is 0.356 e. The number of rotatable bonds is 6. The third-order valence-corrected chi connectivity index (χ3v) is 4.00. The quantitative estimate of drug-likeness (QED) is 0.621. The van der Waals surface area contributed by atoms with Crippen molar-refractivity contribution in [2.75, 3.05) is 6.61 Å². The minimum absolute atomic E-state index is 0.00949. The van der Waals surface area contributed by atoms with Crippen LogP contribution in [0.4, 0.5) is 0 Å². The first-order chi connectivity index (χ1) is 8.29. The zero-order valence-electron chi connectivity index (χ0n) is 10.8. The molecular weight excluding hydrogens is 252 g/mol. The Morgan fingerprint density at radius 3 is 2.67 bits per heavy atom. The van der Waals surface area contributed by atoms with E-state index in [0.29, 0.717) is 6.61 Å². The van der Waals surface area contributed by atoms with Crippen LogP contribution in [0.1, 0.15) is 10.5 Å². The summed E-state index contributed by atoms with van der Waals surface area (Å²) < 4.78 is 6.38. The maximum absolute atomic E-state index is 11.4. The summed E-state index contributed by atoms with van der Waals surface area (Å²) in [5, 5.41) is 12.5. The molecule has 1 aromatic rings. The first kappa shape index (κ1) is 14.6. The molecular formula is C11H18N2O4Si. The predicted octanol–water partition coefficient (Wildman–Crippen LogP) is 1.25. The fraction of sp³-hybridized carbons (Fsp3) is 0.545. The molecule has 0 bridgehead atoms. The minimum atomic E-state index is -1.16. The zero-order valence-corrected chi connectivity index (χ0v) is 11.8. The summed E-state index contributed by atoms with van der Waals surface area (Å²) in [6.45, 7) is 7.23. The van der Waals surface area contributed by atoms with Crippen LogP contribution in [-0.2, 0) is 11.5 Å². The van der Waals surface area contributed by atoms with Crippen LogP contribution >= 0.6 is 0 Å². The van der Waals surface area contributed by atoms with Gasteiger partial charge < -0.3 is 9.84 Å². The van der Waals surface area contributed by atoms with Crippen molar-refractivity contribution in [1.29, 1.82) is 0 Å². The summed E-state index contributed by atoms with van der Waals surface area (Å²) in [5.74, 6) is -1.16. The molecule has 0 saturated heterocycles. The van der Waals surface area contributed by atoms with Gasteiger partial charge in [0.15, 0.2) is 5.69 Å². The first-order valence-electron chi connectivity index (χ1n) is 5.69. The molecule has 0 saturated carbocycles. The van der Waals surface area contributed by atoms with Crippen LogP contribution in [0.2, 0.25) is 25.7 Å². The fourth-order valence-electron chi connectivity index (χ4n) is 1.18. The van der Waals surface area contributed by atoms with Gasteiger partial charge in [0, 0.05) is 20.7 Å². The summed E-state index contributed by atoms with van der Waals surface area (Å²) in [6.07, 6.45) is 0. The monoisotopic (exact) mass is 270 g/mol. The molecule has 0 aliphatic rings. The van der Waals surface area contributed by atoms with Crippen molar-refractivity contribution in [2.45, 2.75) is 32.4 Å². The predicted molar refractivity (Wildman–Crippen MR) is 69.6 cm³/mol.